The lowest BCUT2D eigenvalue weighted by atomic mass is 9.89. The van der Waals surface area contributed by atoms with Gasteiger partial charge in [0.1, 0.15) is 12.1 Å². The van der Waals surface area contributed by atoms with Crippen LogP contribution >= 0.6 is 0 Å². The van der Waals surface area contributed by atoms with E-state index in [9.17, 15) is 19.2 Å². The lowest BCUT2D eigenvalue weighted by molar-refractivity contribution is -0.155. The van der Waals surface area contributed by atoms with Crippen LogP contribution in [-0.4, -0.2) is 73.7 Å². The van der Waals surface area contributed by atoms with Crippen molar-refractivity contribution in [2.75, 3.05) is 21.1 Å². The summed E-state index contributed by atoms with van der Waals surface area (Å²) in [6.45, 7) is 15.1. The van der Waals surface area contributed by atoms with Gasteiger partial charge in [-0.3, -0.25) is 24.1 Å². The zero-order chi connectivity index (χ0) is 30.8. The van der Waals surface area contributed by atoms with Crippen LogP contribution in [0.3, 0.4) is 0 Å². The van der Waals surface area contributed by atoms with Crippen LogP contribution in [0.5, 0.6) is 0 Å². The standard InChI is InChI=1S/C32H57N3O5/c1-11-12-15-18-24(6)31(40-25(7)36)30(35(9)10)28(38)20-17-14-13-16-19-27(37)29(23(4)5)34-32(39)26(33-8)21-22(2)3/h11-12,15,22-24,26,29-31,33H,1,13-14,16-21H2,2-10H3,(H,34,39)/b15-12+/t24-,26+,29+,30-,31-/m1/s1. The molecule has 0 aliphatic carbocycles. The topological polar surface area (TPSA) is 105 Å². The lowest BCUT2D eigenvalue weighted by Gasteiger charge is -2.34. The Morgan fingerprint density at radius 1 is 0.925 bits per heavy atom. The summed E-state index contributed by atoms with van der Waals surface area (Å²) in [5.74, 6) is -0.0858. The molecule has 230 valence electrons. The molecule has 0 aromatic rings. The van der Waals surface area contributed by atoms with E-state index in [1.54, 1.807) is 13.1 Å². The number of Topliss-reactive ketones (excluding diaryl/α,β-unsaturated/α-hetero) is 2. The normalized spacial score (nSPS) is 15.6. The minimum Gasteiger partial charge on any atom is -0.460 e. The number of esters is 1. The molecule has 0 bridgehead atoms. The van der Waals surface area contributed by atoms with E-state index >= 15 is 0 Å². The third-order valence-corrected chi connectivity index (χ3v) is 7.12. The van der Waals surface area contributed by atoms with E-state index in [0.717, 1.165) is 12.8 Å². The van der Waals surface area contributed by atoms with Crippen molar-refractivity contribution in [3.8, 4) is 0 Å². The first-order valence-corrected chi connectivity index (χ1v) is 14.9. The number of carbonyl (C=O) groups excluding carboxylic acids is 4. The summed E-state index contributed by atoms with van der Waals surface area (Å²) in [4.78, 5) is 52.6. The maximum atomic E-state index is 13.2. The second kappa shape index (κ2) is 20.5. The van der Waals surface area contributed by atoms with Crippen molar-refractivity contribution < 1.29 is 23.9 Å². The van der Waals surface area contributed by atoms with E-state index in [0.29, 0.717) is 44.4 Å². The van der Waals surface area contributed by atoms with Crippen molar-refractivity contribution >= 4 is 23.4 Å². The molecule has 0 rings (SSSR count). The molecule has 0 radical (unpaired) electrons. The molecule has 0 saturated heterocycles. The Morgan fingerprint density at radius 2 is 1.50 bits per heavy atom. The average Bonchev–Trinajstić information content (AvgIpc) is 2.86. The predicted octanol–water partition coefficient (Wildman–Crippen LogP) is 4.87. The summed E-state index contributed by atoms with van der Waals surface area (Å²) in [6, 6.07) is -1.34. The summed E-state index contributed by atoms with van der Waals surface area (Å²) in [7, 11) is 5.44. The van der Waals surface area contributed by atoms with Crippen LogP contribution in [0.4, 0.5) is 0 Å². The van der Waals surface area contributed by atoms with Gasteiger partial charge in [-0.15, -0.1) is 0 Å². The van der Waals surface area contributed by atoms with Crippen molar-refractivity contribution in [2.45, 2.75) is 117 Å². The first-order valence-electron chi connectivity index (χ1n) is 14.9. The van der Waals surface area contributed by atoms with Crippen molar-refractivity contribution in [1.29, 1.82) is 0 Å². The Hall–Kier alpha value is -2.32. The minimum atomic E-state index is -0.543. The van der Waals surface area contributed by atoms with Crippen LogP contribution in [0, 0.1) is 17.8 Å². The van der Waals surface area contributed by atoms with E-state index in [2.05, 4.69) is 31.1 Å². The quantitative estimate of drug-likeness (QED) is 0.110. The van der Waals surface area contributed by atoms with Gasteiger partial charge in [-0.2, -0.15) is 0 Å². The van der Waals surface area contributed by atoms with E-state index in [1.807, 2.05) is 51.9 Å². The summed E-state index contributed by atoms with van der Waals surface area (Å²) >= 11 is 0. The van der Waals surface area contributed by atoms with Crippen LogP contribution in [0.15, 0.2) is 24.8 Å². The molecular formula is C32H57N3O5. The smallest absolute Gasteiger partial charge is 0.302 e. The second-order valence-electron chi connectivity index (χ2n) is 11.9. The second-order valence-corrected chi connectivity index (χ2v) is 11.9. The number of rotatable bonds is 22. The molecule has 0 aromatic heterocycles. The number of unbranched alkanes of at least 4 members (excludes halogenated alkanes) is 3. The van der Waals surface area contributed by atoms with Gasteiger partial charge in [0.05, 0.1) is 12.1 Å². The zero-order valence-electron chi connectivity index (χ0n) is 26.6. The van der Waals surface area contributed by atoms with Crippen molar-refractivity contribution in [3.05, 3.63) is 24.8 Å². The maximum Gasteiger partial charge on any atom is 0.302 e. The molecule has 40 heavy (non-hydrogen) atoms. The molecule has 0 heterocycles. The van der Waals surface area contributed by atoms with Crippen molar-refractivity contribution in [1.82, 2.24) is 15.5 Å². The predicted molar refractivity (Wildman–Crippen MR) is 163 cm³/mol. The molecular weight excluding hydrogens is 506 g/mol. The fraction of sp³-hybridized carbons (Fsp3) is 0.750. The first-order chi connectivity index (χ1) is 18.8. The molecule has 0 spiro atoms. The Bertz CT molecular complexity index is 821. The molecule has 8 heteroatoms. The third-order valence-electron chi connectivity index (χ3n) is 7.12. The van der Waals surface area contributed by atoms with Gasteiger partial charge in [0, 0.05) is 19.8 Å². The van der Waals surface area contributed by atoms with Gasteiger partial charge in [0.15, 0.2) is 11.6 Å². The van der Waals surface area contributed by atoms with Gasteiger partial charge in [0.2, 0.25) is 5.91 Å². The van der Waals surface area contributed by atoms with Gasteiger partial charge < -0.3 is 15.4 Å². The van der Waals surface area contributed by atoms with Gasteiger partial charge in [-0.1, -0.05) is 72.3 Å². The summed E-state index contributed by atoms with van der Waals surface area (Å²) in [5, 5.41) is 6.02. The number of ketones is 2. The van der Waals surface area contributed by atoms with Crippen LogP contribution in [0.25, 0.3) is 0 Å². The van der Waals surface area contributed by atoms with Crippen LogP contribution in [0.1, 0.15) is 92.9 Å². The third kappa shape index (κ3) is 14.9. The van der Waals surface area contributed by atoms with E-state index < -0.39 is 24.2 Å². The van der Waals surface area contributed by atoms with E-state index in [1.165, 1.54) is 6.92 Å². The monoisotopic (exact) mass is 563 g/mol. The molecule has 8 nitrogen and oxygen atoms in total. The highest BCUT2D eigenvalue weighted by Gasteiger charge is 2.35. The average molecular weight is 564 g/mol. The van der Waals surface area contributed by atoms with Crippen LogP contribution in [0.2, 0.25) is 0 Å². The number of ether oxygens (including phenoxy) is 1. The lowest BCUT2D eigenvalue weighted by Crippen LogP contribution is -2.51. The number of hydrogen-bond donors (Lipinski definition) is 2. The van der Waals surface area contributed by atoms with Crippen LogP contribution in [-0.2, 0) is 23.9 Å². The van der Waals surface area contributed by atoms with Gasteiger partial charge in [-0.25, -0.2) is 0 Å². The Kier molecular flexibility index (Phi) is 19.3. The number of carbonyl (C=O) groups is 4. The Morgan fingerprint density at radius 3 is 1.95 bits per heavy atom. The molecule has 5 atom stereocenters. The molecule has 2 N–H and O–H groups in total. The molecule has 0 aliphatic rings. The van der Waals surface area contributed by atoms with Crippen molar-refractivity contribution in [3.63, 3.8) is 0 Å². The summed E-state index contributed by atoms with van der Waals surface area (Å²) in [5.41, 5.74) is 0. The van der Waals surface area contributed by atoms with Crippen LogP contribution < -0.4 is 10.6 Å². The van der Waals surface area contributed by atoms with E-state index in [4.69, 9.17) is 4.74 Å². The molecule has 0 aliphatic heterocycles. The molecule has 0 fully saturated rings. The van der Waals surface area contributed by atoms with Gasteiger partial charge in [-0.05, 0) is 64.6 Å². The minimum absolute atomic E-state index is 0.00779. The molecule has 0 unspecified atom stereocenters. The summed E-state index contributed by atoms with van der Waals surface area (Å²) in [6.07, 6.45) is 10.2. The fourth-order valence-electron chi connectivity index (χ4n) is 4.93. The highest BCUT2D eigenvalue weighted by atomic mass is 16.5. The highest BCUT2D eigenvalue weighted by Crippen LogP contribution is 2.22. The first kappa shape index (κ1) is 37.7. The molecule has 1 amide bonds. The number of amides is 1. The number of hydrogen-bond acceptors (Lipinski definition) is 7. The number of nitrogens with zero attached hydrogens (tertiary/aromatic N) is 1. The fourth-order valence-corrected chi connectivity index (χ4v) is 4.93. The summed E-state index contributed by atoms with van der Waals surface area (Å²) < 4.78 is 5.64. The number of allylic oxidation sites excluding steroid dienone is 3. The van der Waals surface area contributed by atoms with Gasteiger partial charge in [0.25, 0.3) is 0 Å². The molecule has 0 saturated carbocycles. The Balaban J connectivity index is 4.90. The molecule has 0 aromatic carbocycles. The maximum absolute atomic E-state index is 13.2. The SMILES string of the molecule is C=C/C=C/C[C@@H](C)[C@@H](OC(C)=O)[C@@H](C(=O)CCCCCCC(=O)[C@@H](NC(=O)[C@H](CC(C)C)NC)C(C)C)N(C)C. The largest absolute Gasteiger partial charge is 0.460 e. The highest BCUT2D eigenvalue weighted by molar-refractivity contribution is 5.91. The zero-order valence-corrected chi connectivity index (χ0v) is 26.6. The van der Waals surface area contributed by atoms with Gasteiger partial charge >= 0.3 is 5.97 Å². The van der Waals surface area contributed by atoms with Crippen molar-refractivity contribution in [2.24, 2.45) is 17.8 Å². The Labute approximate surface area is 243 Å². The number of likely N-dealkylation sites (N-methyl/N-ethyl adjacent to an activating group) is 2. The van der Waals surface area contributed by atoms with E-state index in [-0.39, 0.29) is 35.4 Å². The number of nitrogens with one attached hydrogen (secondary N) is 2.